The summed E-state index contributed by atoms with van der Waals surface area (Å²) in [6, 6.07) is 19.2. The summed E-state index contributed by atoms with van der Waals surface area (Å²) < 4.78 is 39.5. The molecule has 9 nitrogen and oxygen atoms in total. The van der Waals surface area contributed by atoms with Crippen molar-refractivity contribution in [3.05, 3.63) is 88.8 Å². The Bertz CT molecular complexity index is 1670. The first-order valence-electron chi connectivity index (χ1n) is 12.5. The van der Waals surface area contributed by atoms with Gasteiger partial charge < -0.3 is 19.4 Å². The minimum atomic E-state index is -3.94. The number of amides is 1. The Morgan fingerprint density at radius 2 is 1.80 bits per heavy atom. The number of aryl methyl sites for hydroxylation is 1. The monoisotopic (exact) mass is 581 g/mol. The zero-order valence-corrected chi connectivity index (χ0v) is 24.3. The molecule has 1 amide bonds. The molecule has 1 aromatic heterocycles. The van der Waals surface area contributed by atoms with E-state index in [0.29, 0.717) is 34.1 Å². The molecular weight excluding hydrogens is 550 g/mol. The first-order valence-corrected chi connectivity index (χ1v) is 15.3. The third kappa shape index (κ3) is 6.67. The molecule has 0 saturated heterocycles. The number of nitrogens with one attached hydrogen (secondary N) is 2. The molecule has 210 valence electrons. The quantitative estimate of drug-likeness (QED) is 0.240. The summed E-state index contributed by atoms with van der Waals surface area (Å²) in [5.41, 5.74) is 2.53. The van der Waals surface area contributed by atoms with Crippen molar-refractivity contribution in [3.8, 4) is 5.75 Å². The molecule has 0 radical (unpaired) electrons. The highest BCUT2D eigenvalue weighted by molar-refractivity contribution is 7.98. The Kier molecular flexibility index (Phi) is 9.18. The molecule has 2 N–H and O–H groups in total. The largest absolute Gasteiger partial charge is 0.495 e. The maximum atomic E-state index is 13.5. The van der Waals surface area contributed by atoms with Gasteiger partial charge in [0.1, 0.15) is 17.4 Å². The van der Waals surface area contributed by atoms with Gasteiger partial charge in [-0.1, -0.05) is 29.8 Å². The SMILES string of the molecule is COc1ccc(N(C)c2cc(=O)oc3ccccc23)cc1NC(=O)[C@H](CCSC)NS(=O)(=O)c1ccc(C)cc1. The number of sulfonamides is 1. The normalized spacial score (nSPS) is 12.2. The van der Waals surface area contributed by atoms with E-state index in [1.165, 1.54) is 37.1 Å². The predicted octanol–water partition coefficient (Wildman–Crippen LogP) is 4.92. The van der Waals surface area contributed by atoms with Gasteiger partial charge in [-0.3, -0.25) is 4.79 Å². The van der Waals surface area contributed by atoms with E-state index in [2.05, 4.69) is 10.0 Å². The lowest BCUT2D eigenvalue weighted by Crippen LogP contribution is -2.44. The van der Waals surface area contributed by atoms with Crippen LogP contribution in [0.25, 0.3) is 11.0 Å². The summed E-state index contributed by atoms with van der Waals surface area (Å²) in [5, 5.41) is 3.59. The van der Waals surface area contributed by atoms with Crippen LogP contribution in [0.4, 0.5) is 17.1 Å². The van der Waals surface area contributed by atoms with Crippen LogP contribution in [-0.4, -0.2) is 46.5 Å². The van der Waals surface area contributed by atoms with Gasteiger partial charge in [-0.25, -0.2) is 13.2 Å². The fourth-order valence-electron chi connectivity index (χ4n) is 4.19. The number of methoxy groups -OCH3 is 1. The lowest BCUT2D eigenvalue weighted by Gasteiger charge is -2.23. The smallest absolute Gasteiger partial charge is 0.338 e. The van der Waals surface area contributed by atoms with Gasteiger partial charge >= 0.3 is 5.63 Å². The fraction of sp³-hybridized carbons (Fsp3) is 0.241. The molecule has 0 spiro atoms. The number of anilines is 3. The number of benzene rings is 3. The summed E-state index contributed by atoms with van der Waals surface area (Å²) >= 11 is 1.51. The van der Waals surface area contributed by atoms with Crippen molar-refractivity contribution in [2.24, 2.45) is 0 Å². The second-order valence-electron chi connectivity index (χ2n) is 9.15. The topological polar surface area (TPSA) is 118 Å². The van der Waals surface area contributed by atoms with E-state index in [-0.39, 0.29) is 11.3 Å². The van der Waals surface area contributed by atoms with Crippen molar-refractivity contribution in [2.75, 3.05) is 36.4 Å². The molecule has 1 heterocycles. The van der Waals surface area contributed by atoms with Crippen molar-refractivity contribution in [1.29, 1.82) is 0 Å². The summed E-state index contributed by atoms with van der Waals surface area (Å²) in [7, 11) is -0.661. The Labute approximate surface area is 237 Å². The Hall–Kier alpha value is -3.80. The molecule has 3 aromatic carbocycles. The molecule has 0 unspecified atom stereocenters. The first kappa shape index (κ1) is 29.2. The standard InChI is InChI=1S/C29H31N3O6S2/c1-19-9-12-21(13-10-19)40(35,36)31-23(15-16-39-4)29(34)30-24-17-20(11-14-27(24)37-3)32(2)25-18-28(33)38-26-8-6-5-7-22(25)26/h5-14,17-18,23,31H,15-16H2,1-4H3,(H,30,34)/t23-/m0/s1. The Balaban J connectivity index is 1.64. The average molecular weight is 582 g/mol. The average Bonchev–Trinajstić information content (AvgIpc) is 2.94. The number of carbonyl (C=O) groups is 1. The predicted molar refractivity (Wildman–Crippen MR) is 160 cm³/mol. The zero-order chi connectivity index (χ0) is 28.9. The van der Waals surface area contributed by atoms with E-state index in [4.69, 9.17) is 9.15 Å². The number of ether oxygens (including phenoxy) is 1. The number of carbonyl (C=O) groups excluding carboxylic acids is 1. The van der Waals surface area contributed by atoms with Crippen molar-refractivity contribution < 1.29 is 22.4 Å². The summed E-state index contributed by atoms with van der Waals surface area (Å²) in [6.45, 7) is 1.87. The molecule has 0 bridgehead atoms. The second kappa shape index (κ2) is 12.6. The zero-order valence-electron chi connectivity index (χ0n) is 22.6. The highest BCUT2D eigenvalue weighted by Crippen LogP contribution is 2.35. The molecule has 4 aromatic rings. The van der Waals surface area contributed by atoms with Crippen LogP contribution in [0.2, 0.25) is 0 Å². The van der Waals surface area contributed by atoms with Crippen LogP contribution in [0.3, 0.4) is 0 Å². The van der Waals surface area contributed by atoms with E-state index in [1.54, 1.807) is 54.4 Å². The van der Waals surface area contributed by atoms with Gasteiger partial charge in [0, 0.05) is 24.2 Å². The number of hydrogen-bond donors (Lipinski definition) is 2. The van der Waals surface area contributed by atoms with Crippen LogP contribution in [0.15, 0.2) is 86.9 Å². The molecule has 40 heavy (non-hydrogen) atoms. The van der Waals surface area contributed by atoms with Gasteiger partial charge in [0.25, 0.3) is 0 Å². The maximum Gasteiger partial charge on any atom is 0.338 e. The lowest BCUT2D eigenvalue weighted by atomic mass is 10.1. The van der Waals surface area contributed by atoms with Crippen molar-refractivity contribution in [1.82, 2.24) is 4.72 Å². The maximum absolute atomic E-state index is 13.5. The van der Waals surface area contributed by atoms with E-state index in [0.717, 1.165) is 10.9 Å². The van der Waals surface area contributed by atoms with E-state index in [1.807, 2.05) is 25.3 Å². The van der Waals surface area contributed by atoms with Crippen LogP contribution in [-0.2, 0) is 14.8 Å². The van der Waals surface area contributed by atoms with Crippen LogP contribution in [0, 0.1) is 6.92 Å². The number of para-hydroxylation sites is 1. The number of hydrogen-bond acceptors (Lipinski definition) is 8. The second-order valence-corrected chi connectivity index (χ2v) is 11.8. The Morgan fingerprint density at radius 1 is 1.07 bits per heavy atom. The first-order chi connectivity index (χ1) is 19.1. The van der Waals surface area contributed by atoms with Crippen LogP contribution in [0.1, 0.15) is 12.0 Å². The molecule has 0 saturated carbocycles. The molecule has 11 heteroatoms. The minimum absolute atomic E-state index is 0.0841. The molecule has 4 rings (SSSR count). The molecule has 1 atom stereocenters. The molecule has 0 aliphatic heterocycles. The highest BCUT2D eigenvalue weighted by Gasteiger charge is 2.26. The van der Waals surface area contributed by atoms with E-state index >= 15 is 0 Å². The molecule has 0 aliphatic rings. The fourth-order valence-corrected chi connectivity index (χ4v) is 5.89. The van der Waals surface area contributed by atoms with Gasteiger partial charge in [0.2, 0.25) is 15.9 Å². The summed E-state index contributed by atoms with van der Waals surface area (Å²) in [4.78, 5) is 27.6. The summed E-state index contributed by atoms with van der Waals surface area (Å²) in [5.74, 6) is 0.444. The third-order valence-electron chi connectivity index (χ3n) is 6.37. The van der Waals surface area contributed by atoms with Gasteiger partial charge in [0.05, 0.1) is 23.4 Å². The molecular formula is C29H31N3O6S2. The molecule has 0 fully saturated rings. The molecule has 0 aliphatic carbocycles. The van der Waals surface area contributed by atoms with Crippen molar-refractivity contribution in [2.45, 2.75) is 24.3 Å². The van der Waals surface area contributed by atoms with Crippen LogP contribution < -0.4 is 25.3 Å². The van der Waals surface area contributed by atoms with E-state index in [9.17, 15) is 18.0 Å². The van der Waals surface area contributed by atoms with E-state index < -0.39 is 27.6 Å². The van der Waals surface area contributed by atoms with Crippen molar-refractivity contribution >= 4 is 55.7 Å². The third-order valence-corrected chi connectivity index (χ3v) is 8.51. The number of rotatable bonds is 11. The van der Waals surface area contributed by atoms with Crippen molar-refractivity contribution in [3.63, 3.8) is 0 Å². The van der Waals surface area contributed by atoms with Crippen LogP contribution >= 0.6 is 11.8 Å². The highest BCUT2D eigenvalue weighted by atomic mass is 32.2. The summed E-state index contributed by atoms with van der Waals surface area (Å²) in [6.07, 6.45) is 2.17. The van der Waals surface area contributed by atoms with Gasteiger partial charge in [-0.05, 0) is 67.8 Å². The van der Waals surface area contributed by atoms with Crippen LogP contribution in [0.5, 0.6) is 5.75 Å². The number of fused-ring (bicyclic) bond motifs is 1. The number of nitrogens with zero attached hydrogens (tertiary/aromatic N) is 1. The Morgan fingerprint density at radius 3 is 2.50 bits per heavy atom. The lowest BCUT2D eigenvalue weighted by molar-refractivity contribution is -0.117. The van der Waals surface area contributed by atoms with Gasteiger partial charge in [0.15, 0.2) is 0 Å². The van der Waals surface area contributed by atoms with Gasteiger partial charge in [-0.15, -0.1) is 0 Å². The van der Waals surface area contributed by atoms with Gasteiger partial charge in [-0.2, -0.15) is 16.5 Å². The number of thioether (sulfide) groups is 1. The minimum Gasteiger partial charge on any atom is -0.495 e.